The lowest BCUT2D eigenvalue weighted by Crippen LogP contribution is -2.64. The molecule has 0 aromatic rings. The fourth-order valence-electron chi connectivity index (χ4n) is 2.79. The molecule has 1 saturated carbocycles. The van der Waals surface area contributed by atoms with Crippen LogP contribution in [0.15, 0.2) is 0 Å². The first kappa shape index (κ1) is 9.47. The number of aliphatic hydroxyl groups is 1. The summed E-state index contributed by atoms with van der Waals surface area (Å²) < 4.78 is 0. The first-order valence-electron chi connectivity index (χ1n) is 5.52. The van der Waals surface area contributed by atoms with Gasteiger partial charge in [0, 0.05) is 19.1 Å². The third-order valence-electron chi connectivity index (χ3n) is 3.92. The van der Waals surface area contributed by atoms with Crippen molar-refractivity contribution in [2.75, 3.05) is 19.7 Å². The van der Waals surface area contributed by atoms with Crippen molar-refractivity contribution in [3.05, 3.63) is 0 Å². The highest BCUT2D eigenvalue weighted by molar-refractivity contribution is 5.02. The smallest absolute Gasteiger partial charge is 0.0589 e. The second kappa shape index (κ2) is 3.25. The van der Waals surface area contributed by atoms with Gasteiger partial charge in [-0.1, -0.05) is 20.3 Å². The molecule has 2 aliphatic rings. The highest BCUT2D eigenvalue weighted by Crippen LogP contribution is 2.49. The van der Waals surface area contributed by atoms with Gasteiger partial charge in [0.2, 0.25) is 0 Å². The maximum atomic E-state index is 9.25. The van der Waals surface area contributed by atoms with E-state index in [-0.39, 0.29) is 0 Å². The molecule has 0 radical (unpaired) electrons. The van der Waals surface area contributed by atoms with Crippen molar-refractivity contribution in [1.29, 1.82) is 0 Å². The molecule has 0 aromatic heterocycles. The lowest BCUT2D eigenvalue weighted by Gasteiger charge is -2.58. The molecule has 2 nitrogen and oxygen atoms in total. The molecule has 0 unspecified atom stereocenters. The average Bonchev–Trinajstić information content (AvgIpc) is 1.90. The lowest BCUT2D eigenvalue weighted by atomic mass is 9.63. The van der Waals surface area contributed by atoms with Gasteiger partial charge < -0.3 is 5.11 Å². The highest BCUT2D eigenvalue weighted by Gasteiger charge is 2.49. The average molecular weight is 183 g/mol. The SMILES string of the molecule is CC(C)[C@H](CO)N1CC2(CCC2)C1. The van der Waals surface area contributed by atoms with E-state index in [2.05, 4.69) is 18.7 Å². The molecule has 0 amide bonds. The van der Waals surface area contributed by atoms with Crippen molar-refractivity contribution in [3.63, 3.8) is 0 Å². The topological polar surface area (TPSA) is 23.5 Å². The maximum absolute atomic E-state index is 9.25. The van der Waals surface area contributed by atoms with Crippen LogP contribution in [0, 0.1) is 11.3 Å². The molecular weight excluding hydrogens is 162 g/mol. The second-order valence-electron chi connectivity index (χ2n) is 5.25. The van der Waals surface area contributed by atoms with Crippen LogP contribution in [0.25, 0.3) is 0 Å². The molecule has 1 spiro atoms. The van der Waals surface area contributed by atoms with E-state index in [9.17, 15) is 5.11 Å². The maximum Gasteiger partial charge on any atom is 0.0589 e. The van der Waals surface area contributed by atoms with Crippen LogP contribution in [0.1, 0.15) is 33.1 Å². The van der Waals surface area contributed by atoms with Gasteiger partial charge in [-0.05, 0) is 24.2 Å². The van der Waals surface area contributed by atoms with Gasteiger partial charge in [0.1, 0.15) is 0 Å². The minimum absolute atomic E-state index is 0.327. The second-order valence-corrected chi connectivity index (χ2v) is 5.25. The van der Waals surface area contributed by atoms with Crippen LogP contribution in [-0.4, -0.2) is 35.7 Å². The summed E-state index contributed by atoms with van der Waals surface area (Å²) in [7, 11) is 0. The molecule has 1 atom stereocenters. The minimum atomic E-state index is 0.327. The van der Waals surface area contributed by atoms with Crippen LogP contribution in [0.3, 0.4) is 0 Å². The monoisotopic (exact) mass is 183 g/mol. The standard InChI is InChI=1S/C11H21NO/c1-9(2)10(6-13)12-7-11(8-12)4-3-5-11/h9-10,13H,3-8H2,1-2H3/t10-/m0/s1. The molecule has 1 aliphatic heterocycles. The molecule has 1 aliphatic carbocycles. The van der Waals surface area contributed by atoms with E-state index >= 15 is 0 Å². The van der Waals surface area contributed by atoms with Gasteiger partial charge in [-0.25, -0.2) is 0 Å². The number of hydrogen-bond donors (Lipinski definition) is 1. The fraction of sp³-hybridized carbons (Fsp3) is 1.00. The van der Waals surface area contributed by atoms with Crippen LogP contribution < -0.4 is 0 Å². The van der Waals surface area contributed by atoms with Gasteiger partial charge in [0.25, 0.3) is 0 Å². The summed E-state index contributed by atoms with van der Waals surface area (Å²) in [6, 6.07) is 0.409. The zero-order valence-corrected chi connectivity index (χ0v) is 8.79. The van der Waals surface area contributed by atoms with Crippen molar-refractivity contribution in [2.45, 2.75) is 39.2 Å². The summed E-state index contributed by atoms with van der Waals surface area (Å²) in [6.45, 7) is 7.22. The van der Waals surface area contributed by atoms with Crippen molar-refractivity contribution in [3.8, 4) is 0 Å². The van der Waals surface area contributed by atoms with E-state index < -0.39 is 0 Å². The summed E-state index contributed by atoms with van der Waals surface area (Å²) in [6.07, 6.45) is 4.29. The van der Waals surface area contributed by atoms with Gasteiger partial charge in [-0.2, -0.15) is 0 Å². The fourth-order valence-corrected chi connectivity index (χ4v) is 2.79. The lowest BCUT2D eigenvalue weighted by molar-refractivity contribution is -0.102. The van der Waals surface area contributed by atoms with Crippen LogP contribution in [0.4, 0.5) is 0 Å². The summed E-state index contributed by atoms with van der Waals surface area (Å²) in [5, 5.41) is 9.25. The Bertz CT molecular complexity index is 179. The minimum Gasteiger partial charge on any atom is -0.395 e. The van der Waals surface area contributed by atoms with E-state index in [4.69, 9.17) is 0 Å². The Morgan fingerprint density at radius 2 is 1.92 bits per heavy atom. The van der Waals surface area contributed by atoms with Gasteiger partial charge in [-0.15, -0.1) is 0 Å². The number of rotatable bonds is 3. The largest absolute Gasteiger partial charge is 0.395 e. The molecule has 2 heteroatoms. The first-order valence-corrected chi connectivity index (χ1v) is 5.52. The summed E-state index contributed by atoms with van der Waals surface area (Å²) in [5.41, 5.74) is 0.697. The highest BCUT2D eigenvalue weighted by atomic mass is 16.3. The first-order chi connectivity index (χ1) is 6.17. The van der Waals surface area contributed by atoms with Crippen LogP contribution in [-0.2, 0) is 0 Å². The van der Waals surface area contributed by atoms with Crippen molar-refractivity contribution >= 4 is 0 Å². The van der Waals surface area contributed by atoms with Crippen LogP contribution in [0.5, 0.6) is 0 Å². The Labute approximate surface area is 80.9 Å². The zero-order chi connectivity index (χ0) is 9.47. The Morgan fingerprint density at radius 1 is 1.31 bits per heavy atom. The Morgan fingerprint density at radius 3 is 2.23 bits per heavy atom. The molecule has 76 valence electrons. The van der Waals surface area contributed by atoms with E-state index in [0.29, 0.717) is 24.0 Å². The molecule has 2 fully saturated rings. The van der Waals surface area contributed by atoms with Gasteiger partial charge in [-0.3, -0.25) is 4.90 Å². The van der Waals surface area contributed by atoms with E-state index in [1.807, 2.05) is 0 Å². The van der Waals surface area contributed by atoms with E-state index in [1.165, 1.54) is 32.4 Å². The molecular formula is C11H21NO. The van der Waals surface area contributed by atoms with E-state index in [1.54, 1.807) is 0 Å². The molecule has 0 bridgehead atoms. The Balaban J connectivity index is 1.83. The van der Waals surface area contributed by atoms with E-state index in [0.717, 1.165) is 0 Å². The normalized spacial score (nSPS) is 28.6. The number of aliphatic hydroxyl groups excluding tert-OH is 1. The summed E-state index contributed by atoms with van der Waals surface area (Å²) in [4.78, 5) is 2.46. The van der Waals surface area contributed by atoms with Gasteiger partial charge in [0.05, 0.1) is 6.61 Å². The summed E-state index contributed by atoms with van der Waals surface area (Å²) >= 11 is 0. The molecule has 0 aromatic carbocycles. The predicted octanol–water partition coefficient (Wildman–Crippen LogP) is 1.49. The molecule has 2 rings (SSSR count). The quantitative estimate of drug-likeness (QED) is 0.716. The Hall–Kier alpha value is -0.0800. The summed E-state index contributed by atoms with van der Waals surface area (Å²) in [5.74, 6) is 0.586. The third-order valence-corrected chi connectivity index (χ3v) is 3.92. The van der Waals surface area contributed by atoms with Crippen molar-refractivity contribution < 1.29 is 5.11 Å². The van der Waals surface area contributed by atoms with Gasteiger partial charge >= 0.3 is 0 Å². The number of nitrogens with zero attached hydrogens (tertiary/aromatic N) is 1. The molecule has 1 N–H and O–H groups in total. The molecule has 1 heterocycles. The van der Waals surface area contributed by atoms with Crippen LogP contribution >= 0.6 is 0 Å². The number of hydrogen-bond acceptors (Lipinski definition) is 2. The zero-order valence-electron chi connectivity index (χ0n) is 8.79. The molecule has 13 heavy (non-hydrogen) atoms. The third kappa shape index (κ3) is 1.50. The van der Waals surface area contributed by atoms with Crippen molar-refractivity contribution in [2.24, 2.45) is 11.3 Å². The van der Waals surface area contributed by atoms with Gasteiger partial charge in [0.15, 0.2) is 0 Å². The van der Waals surface area contributed by atoms with Crippen molar-refractivity contribution in [1.82, 2.24) is 4.90 Å². The molecule has 1 saturated heterocycles. The Kier molecular flexibility index (Phi) is 2.37. The predicted molar refractivity (Wildman–Crippen MR) is 53.6 cm³/mol. The number of likely N-dealkylation sites (tertiary alicyclic amines) is 1. The van der Waals surface area contributed by atoms with Crippen LogP contribution in [0.2, 0.25) is 0 Å².